The molecule has 0 aliphatic heterocycles. The molecule has 1 aromatic carbocycles. The Bertz CT molecular complexity index is 331. The van der Waals surface area contributed by atoms with Crippen molar-refractivity contribution in [2.45, 2.75) is 19.5 Å². The standard InChI is InChI=1S/C10H11ClF2O2/c1-6(5-14)7-2-8(11)4-9(3-7)15-10(12)13/h2-4,6,10,14H,5H2,1H3. The highest BCUT2D eigenvalue weighted by Gasteiger charge is 2.10. The number of aliphatic hydroxyl groups is 1. The van der Waals surface area contributed by atoms with E-state index in [1.54, 1.807) is 13.0 Å². The lowest BCUT2D eigenvalue weighted by molar-refractivity contribution is -0.0498. The maximum absolute atomic E-state index is 12.0. The lowest BCUT2D eigenvalue weighted by atomic mass is 10.0. The highest BCUT2D eigenvalue weighted by atomic mass is 35.5. The predicted octanol–water partition coefficient (Wildman–Crippen LogP) is 3.04. The third-order valence-electron chi connectivity index (χ3n) is 1.96. The fourth-order valence-electron chi connectivity index (χ4n) is 1.15. The maximum Gasteiger partial charge on any atom is 0.387 e. The van der Waals surface area contributed by atoms with E-state index >= 15 is 0 Å². The molecule has 1 atom stereocenters. The highest BCUT2D eigenvalue weighted by molar-refractivity contribution is 6.30. The van der Waals surface area contributed by atoms with Gasteiger partial charge in [-0.3, -0.25) is 0 Å². The SMILES string of the molecule is CC(CO)c1cc(Cl)cc(OC(F)F)c1. The van der Waals surface area contributed by atoms with Gasteiger partial charge in [0.15, 0.2) is 0 Å². The summed E-state index contributed by atoms with van der Waals surface area (Å²) in [5.74, 6) is -0.156. The molecule has 1 unspecified atom stereocenters. The molecule has 0 aliphatic carbocycles. The van der Waals surface area contributed by atoms with Gasteiger partial charge in [0.25, 0.3) is 0 Å². The van der Waals surface area contributed by atoms with E-state index in [2.05, 4.69) is 4.74 Å². The van der Waals surface area contributed by atoms with E-state index in [1.807, 2.05) is 0 Å². The van der Waals surface area contributed by atoms with E-state index in [1.165, 1.54) is 12.1 Å². The molecule has 15 heavy (non-hydrogen) atoms. The molecular weight excluding hydrogens is 226 g/mol. The number of benzene rings is 1. The summed E-state index contributed by atoms with van der Waals surface area (Å²) in [6.45, 7) is -1.19. The average Bonchev–Trinajstić information content (AvgIpc) is 2.14. The Morgan fingerprint density at radius 1 is 1.40 bits per heavy atom. The first-order valence-electron chi connectivity index (χ1n) is 4.39. The molecule has 0 fully saturated rings. The molecule has 5 heteroatoms. The summed E-state index contributed by atoms with van der Waals surface area (Å²) in [5.41, 5.74) is 0.667. The molecule has 0 spiro atoms. The van der Waals surface area contributed by atoms with E-state index in [9.17, 15) is 8.78 Å². The Morgan fingerprint density at radius 3 is 2.60 bits per heavy atom. The van der Waals surface area contributed by atoms with Crippen molar-refractivity contribution in [3.63, 3.8) is 0 Å². The van der Waals surface area contributed by atoms with Crippen LogP contribution < -0.4 is 4.74 Å². The van der Waals surface area contributed by atoms with Crippen LogP contribution in [0.15, 0.2) is 18.2 Å². The third kappa shape index (κ3) is 3.64. The number of halogens is 3. The van der Waals surface area contributed by atoms with Gasteiger partial charge in [-0.2, -0.15) is 8.78 Å². The van der Waals surface area contributed by atoms with Crippen LogP contribution in [0, 0.1) is 0 Å². The molecule has 1 rings (SSSR count). The van der Waals surface area contributed by atoms with Crippen LogP contribution in [0.25, 0.3) is 0 Å². The van der Waals surface area contributed by atoms with Gasteiger partial charge in [-0.05, 0) is 23.8 Å². The first-order valence-corrected chi connectivity index (χ1v) is 4.77. The third-order valence-corrected chi connectivity index (χ3v) is 2.18. The zero-order valence-corrected chi connectivity index (χ0v) is 8.84. The smallest absolute Gasteiger partial charge is 0.387 e. The van der Waals surface area contributed by atoms with Gasteiger partial charge in [-0.1, -0.05) is 18.5 Å². The largest absolute Gasteiger partial charge is 0.435 e. The van der Waals surface area contributed by atoms with Crippen LogP contribution in [-0.2, 0) is 0 Å². The van der Waals surface area contributed by atoms with Crippen molar-refractivity contribution in [1.29, 1.82) is 0 Å². The minimum atomic E-state index is -2.87. The van der Waals surface area contributed by atoms with Crippen molar-refractivity contribution in [2.24, 2.45) is 0 Å². The number of rotatable bonds is 4. The molecule has 0 aromatic heterocycles. The summed E-state index contributed by atoms with van der Waals surface area (Å²) < 4.78 is 28.1. The topological polar surface area (TPSA) is 29.5 Å². The van der Waals surface area contributed by atoms with Gasteiger partial charge in [0.05, 0.1) is 0 Å². The highest BCUT2D eigenvalue weighted by Crippen LogP contribution is 2.26. The van der Waals surface area contributed by atoms with Crippen LogP contribution in [0.1, 0.15) is 18.4 Å². The number of hydrogen-bond acceptors (Lipinski definition) is 2. The van der Waals surface area contributed by atoms with Crippen molar-refractivity contribution in [3.8, 4) is 5.75 Å². The monoisotopic (exact) mass is 236 g/mol. The van der Waals surface area contributed by atoms with E-state index < -0.39 is 6.61 Å². The molecule has 2 nitrogen and oxygen atoms in total. The van der Waals surface area contributed by atoms with Crippen LogP contribution in [0.3, 0.4) is 0 Å². The first-order chi connectivity index (χ1) is 7.02. The van der Waals surface area contributed by atoms with Crippen LogP contribution in [-0.4, -0.2) is 18.3 Å². The fraction of sp³-hybridized carbons (Fsp3) is 0.400. The van der Waals surface area contributed by atoms with E-state index in [-0.39, 0.29) is 18.3 Å². The molecule has 0 saturated carbocycles. The normalized spacial score (nSPS) is 12.9. The fourth-order valence-corrected chi connectivity index (χ4v) is 1.38. The molecule has 84 valence electrons. The van der Waals surface area contributed by atoms with Gasteiger partial charge in [0, 0.05) is 17.5 Å². The second-order valence-electron chi connectivity index (χ2n) is 3.18. The molecule has 0 radical (unpaired) electrons. The predicted molar refractivity (Wildman–Crippen MR) is 53.6 cm³/mol. The van der Waals surface area contributed by atoms with Crippen LogP contribution in [0.2, 0.25) is 5.02 Å². The summed E-state index contributed by atoms with van der Waals surface area (Å²) in [6, 6.07) is 4.36. The van der Waals surface area contributed by atoms with Gasteiger partial charge in [-0.15, -0.1) is 0 Å². The quantitative estimate of drug-likeness (QED) is 0.871. The van der Waals surface area contributed by atoms with Gasteiger partial charge < -0.3 is 9.84 Å². The zero-order valence-electron chi connectivity index (χ0n) is 8.08. The molecular formula is C10H11ClF2O2. The van der Waals surface area contributed by atoms with E-state index in [4.69, 9.17) is 16.7 Å². The van der Waals surface area contributed by atoms with Gasteiger partial charge in [0.1, 0.15) is 5.75 Å². The molecule has 0 bridgehead atoms. The minimum absolute atomic E-state index is 0.00722. The Morgan fingerprint density at radius 2 is 2.07 bits per heavy atom. The van der Waals surface area contributed by atoms with E-state index in [0.29, 0.717) is 10.6 Å². The molecule has 1 aromatic rings. The van der Waals surface area contributed by atoms with Crippen LogP contribution in [0.5, 0.6) is 5.75 Å². The van der Waals surface area contributed by atoms with Gasteiger partial charge >= 0.3 is 6.61 Å². The van der Waals surface area contributed by atoms with Crippen LogP contribution >= 0.6 is 11.6 Å². The lowest BCUT2D eigenvalue weighted by Gasteiger charge is -2.11. The maximum atomic E-state index is 12.0. The number of alkyl halides is 2. The van der Waals surface area contributed by atoms with Gasteiger partial charge in [0.2, 0.25) is 0 Å². The summed E-state index contributed by atoms with van der Waals surface area (Å²) in [5, 5.41) is 9.23. The summed E-state index contributed by atoms with van der Waals surface area (Å²) in [6.07, 6.45) is 0. The van der Waals surface area contributed by atoms with Crippen LogP contribution in [0.4, 0.5) is 8.78 Å². The molecule has 0 amide bonds. The van der Waals surface area contributed by atoms with Crippen molar-refractivity contribution >= 4 is 11.6 Å². The van der Waals surface area contributed by atoms with Crippen molar-refractivity contribution in [1.82, 2.24) is 0 Å². The Balaban J connectivity index is 2.94. The summed E-state index contributed by atoms with van der Waals surface area (Å²) >= 11 is 5.73. The molecule has 0 aliphatic rings. The first kappa shape index (κ1) is 12.2. The average molecular weight is 237 g/mol. The summed E-state index contributed by atoms with van der Waals surface area (Å²) in [7, 11) is 0. The lowest BCUT2D eigenvalue weighted by Crippen LogP contribution is -2.04. The Kier molecular flexibility index (Phi) is 4.29. The van der Waals surface area contributed by atoms with Crippen molar-refractivity contribution < 1.29 is 18.6 Å². The molecule has 0 heterocycles. The van der Waals surface area contributed by atoms with Gasteiger partial charge in [-0.25, -0.2) is 0 Å². The zero-order chi connectivity index (χ0) is 11.4. The van der Waals surface area contributed by atoms with E-state index in [0.717, 1.165) is 0 Å². The number of ether oxygens (including phenoxy) is 1. The number of aliphatic hydroxyl groups excluding tert-OH is 1. The molecule has 1 N–H and O–H groups in total. The second kappa shape index (κ2) is 5.28. The molecule has 0 saturated heterocycles. The van der Waals surface area contributed by atoms with Crippen molar-refractivity contribution in [2.75, 3.05) is 6.61 Å². The number of hydrogen-bond donors (Lipinski definition) is 1. The Hall–Kier alpha value is -0.870. The second-order valence-corrected chi connectivity index (χ2v) is 3.62. The Labute approximate surface area is 91.4 Å². The summed E-state index contributed by atoms with van der Waals surface area (Å²) in [4.78, 5) is 0. The minimum Gasteiger partial charge on any atom is -0.435 e. The van der Waals surface area contributed by atoms with Crippen molar-refractivity contribution in [3.05, 3.63) is 28.8 Å².